The second-order valence-corrected chi connectivity index (χ2v) is 1.84. The van der Waals surface area contributed by atoms with Gasteiger partial charge in [0.15, 0.2) is 0 Å². The summed E-state index contributed by atoms with van der Waals surface area (Å²) >= 11 is 0. The summed E-state index contributed by atoms with van der Waals surface area (Å²) in [6.45, 7) is 0. The Morgan fingerprint density at radius 2 is 1.67 bits per heavy atom. The molecule has 0 spiro atoms. The number of aliphatic carboxylic acids is 2. The Morgan fingerprint density at radius 1 is 1.25 bits per heavy atom. The molecule has 0 aliphatic rings. The molecule has 0 fully saturated rings. The van der Waals surface area contributed by atoms with Gasteiger partial charge in [0.05, 0.1) is 5.97 Å². The van der Waals surface area contributed by atoms with Gasteiger partial charge in [-0.1, -0.05) is 0 Å². The van der Waals surface area contributed by atoms with Gasteiger partial charge in [-0.3, -0.25) is 0 Å². The van der Waals surface area contributed by atoms with E-state index in [1.165, 1.54) is 0 Å². The Balaban J connectivity index is -0.000000405. The van der Waals surface area contributed by atoms with Crippen molar-refractivity contribution in [1.82, 2.24) is 0 Å². The predicted octanol–water partition coefficient (Wildman–Crippen LogP) is -4.17. The minimum Gasteiger partial charge on any atom is -0.550 e. The predicted molar refractivity (Wildman–Crippen MR) is 38.7 cm³/mol. The van der Waals surface area contributed by atoms with Crippen LogP contribution in [-0.4, -0.2) is 72.6 Å². The van der Waals surface area contributed by atoms with Gasteiger partial charge < -0.3 is 25.5 Å². The molecule has 0 bridgehead atoms. The second kappa shape index (κ2) is 9.83. The molecule has 0 aromatic rings. The van der Waals surface area contributed by atoms with Crippen LogP contribution in [0.25, 0.3) is 0 Å². The maximum atomic E-state index is 9.86. The molecule has 0 aromatic carbocycles. The van der Waals surface area contributed by atoms with Gasteiger partial charge in [0, 0.05) is 12.0 Å². The van der Waals surface area contributed by atoms with Crippen LogP contribution in [0.1, 0.15) is 12.8 Å². The molecule has 5 nitrogen and oxygen atoms in total. The van der Waals surface area contributed by atoms with Gasteiger partial charge in [0.2, 0.25) is 0 Å². The van der Waals surface area contributed by atoms with Crippen molar-refractivity contribution < 1.29 is 19.8 Å². The van der Waals surface area contributed by atoms with Crippen molar-refractivity contribution in [2.75, 3.05) is 0 Å². The van der Waals surface area contributed by atoms with Gasteiger partial charge in [0.25, 0.3) is 0 Å². The first-order chi connectivity index (χ1) is 4.54. The third kappa shape index (κ3) is 10.7. The minimum absolute atomic E-state index is 0. The first-order valence-electron chi connectivity index (χ1n) is 2.70. The van der Waals surface area contributed by atoms with Crippen LogP contribution >= 0.6 is 0 Å². The van der Waals surface area contributed by atoms with Crippen LogP contribution in [0.3, 0.4) is 0 Å². The van der Waals surface area contributed by atoms with E-state index in [-0.39, 0.29) is 67.4 Å². The standard InChI is InChI=1S/C5H9NO4.2Tl/c6-3(5(9)10)1-2-4(7)8;;/h3H,1-2,6H2,(H,7,8)(H,9,10);;/q;2*+1/p-2/t3-;;/m0../s1. The van der Waals surface area contributed by atoms with E-state index in [4.69, 9.17) is 5.73 Å². The molecule has 0 amide bonds. The molecule has 0 unspecified atom stereocenters. The van der Waals surface area contributed by atoms with E-state index in [0.717, 1.165) is 0 Å². The summed E-state index contributed by atoms with van der Waals surface area (Å²) in [5.74, 6) is -2.75. The van der Waals surface area contributed by atoms with E-state index < -0.39 is 18.0 Å². The van der Waals surface area contributed by atoms with Gasteiger partial charge in [-0.2, -0.15) is 0 Å². The van der Waals surface area contributed by atoms with Gasteiger partial charge in [-0.05, 0) is 12.8 Å². The van der Waals surface area contributed by atoms with E-state index >= 15 is 0 Å². The number of nitrogens with two attached hydrogens (primary N) is 1. The number of carbonyl (C=O) groups is 2. The average Bonchev–Trinajstić information content (AvgIpc) is 1.82. The molecule has 0 saturated heterocycles. The Hall–Kier alpha value is 0.744. The van der Waals surface area contributed by atoms with E-state index in [2.05, 4.69) is 0 Å². The largest absolute Gasteiger partial charge is 1.00 e. The van der Waals surface area contributed by atoms with E-state index in [1.54, 1.807) is 0 Å². The summed E-state index contributed by atoms with van der Waals surface area (Å²) in [6.07, 6.45) is -0.500. The third-order valence-electron chi connectivity index (χ3n) is 0.962. The summed E-state index contributed by atoms with van der Waals surface area (Å²) in [5.41, 5.74) is 4.91. The summed E-state index contributed by atoms with van der Waals surface area (Å²) in [4.78, 5) is 19.6. The number of carboxylic acids is 2. The number of carbonyl (C=O) groups excluding carboxylic acids is 2. The molecular formula is C5H7NO4Tl2. The van der Waals surface area contributed by atoms with Crippen molar-refractivity contribution in [2.24, 2.45) is 5.73 Å². The molecule has 0 aromatic heterocycles. The summed E-state index contributed by atoms with van der Waals surface area (Å²) in [7, 11) is 0. The molecular weight excluding hydrogens is 547 g/mol. The van der Waals surface area contributed by atoms with Gasteiger partial charge in [-0.15, -0.1) is 0 Å². The third-order valence-corrected chi connectivity index (χ3v) is 0.962. The number of hydrogen-bond donors (Lipinski definition) is 1. The van der Waals surface area contributed by atoms with Gasteiger partial charge in [-0.25, -0.2) is 0 Å². The van der Waals surface area contributed by atoms with Crippen molar-refractivity contribution in [3.8, 4) is 0 Å². The van der Waals surface area contributed by atoms with Crippen LogP contribution in [0.4, 0.5) is 0 Å². The van der Waals surface area contributed by atoms with Crippen LogP contribution < -0.4 is 15.9 Å². The first-order valence-corrected chi connectivity index (χ1v) is 2.70. The van der Waals surface area contributed by atoms with Crippen LogP contribution in [0, 0.1) is 0 Å². The van der Waals surface area contributed by atoms with Crippen LogP contribution in [-0.2, 0) is 9.59 Å². The SMILES string of the molecule is N[C@@H](CCC(=O)[O-])C(=O)[O-].[Tl+].[Tl+]. The monoisotopic (exact) mass is 555 g/mol. The van der Waals surface area contributed by atoms with Crippen LogP contribution in [0.15, 0.2) is 0 Å². The molecule has 12 heavy (non-hydrogen) atoms. The van der Waals surface area contributed by atoms with Gasteiger partial charge in [0.1, 0.15) is 0 Å². The maximum Gasteiger partial charge on any atom is 1.00 e. The molecule has 2 N–H and O–H groups in total. The molecule has 0 heterocycles. The minimum atomic E-state index is -1.44. The Morgan fingerprint density at radius 3 is 1.92 bits per heavy atom. The second-order valence-electron chi connectivity index (χ2n) is 1.84. The van der Waals surface area contributed by atoms with Gasteiger partial charge >= 0.3 is 54.6 Å². The molecule has 0 radical (unpaired) electrons. The Bertz CT molecular complexity index is 152. The Kier molecular flexibility index (Phi) is 15.2. The van der Waals surface area contributed by atoms with Crippen molar-refractivity contribution in [3.63, 3.8) is 0 Å². The topological polar surface area (TPSA) is 106 Å². The van der Waals surface area contributed by atoms with Crippen molar-refractivity contribution in [3.05, 3.63) is 0 Å². The fourth-order valence-corrected chi connectivity index (χ4v) is 0.391. The quantitative estimate of drug-likeness (QED) is 0.356. The normalized spacial score (nSPS) is 10.4. The fraction of sp³-hybridized carbons (Fsp3) is 0.600. The molecule has 0 rings (SSSR count). The number of carboxylic acid groups (broad SMARTS) is 2. The first kappa shape index (κ1) is 18.5. The number of rotatable bonds is 4. The molecule has 1 atom stereocenters. The zero-order valence-electron chi connectivity index (χ0n) is 6.36. The van der Waals surface area contributed by atoms with Crippen LogP contribution in [0.2, 0.25) is 0 Å². The van der Waals surface area contributed by atoms with Crippen molar-refractivity contribution in [1.29, 1.82) is 0 Å². The van der Waals surface area contributed by atoms with Crippen molar-refractivity contribution in [2.45, 2.75) is 18.9 Å². The molecule has 0 aliphatic carbocycles. The number of hydrogen-bond acceptors (Lipinski definition) is 5. The summed E-state index contributed by atoms with van der Waals surface area (Å²) in [6, 6.07) is -1.21. The van der Waals surface area contributed by atoms with E-state index in [1.807, 2.05) is 0 Å². The molecule has 62 valence electrons. The zero-order valence-corrected chi connectivity index (χ0v) is 15.3. The molecule has 0 saturated carbocycles. The Labute approximate surface area is 110 Å². The zero-order chi connectivity index (χ0) is 8.15. The van der Waals surface area contributed by atoms with E-state index in [0.29, 0.717) is 0 Å². The smallest absolute Gasteiger partial charge is 0.550 e. The van der Waals surface area contributed by atoms with Crippen molar-refractivity contribution >= 4 is 66.5 Å². The summed E-state index contributed by atoms with van der Waals surface area (Å²) < 4.78 is 0. The molecule has 7 heteroatoms. The maximum absolute atomic E-state index is 9.86. The van der Waals surface area contributed by atoms with E-state index in [9.17, 15) is 19.8 Å². The molecule has 0 aliphatic heterocycles. The summed E-state index contributed by atoms with van der Waals surface area (Å²) in [5, 5.41) is 19.6. The van der Waals surface area contributed by atoms with Crippen LogP contribution in [0.5, 0.6) is 0 Å². The average molecular weight is 554 g/mol. The fourth-order valence-electron chi connectivity index (χ4n) is 0.391.